The summed E-state index contributed by atoms with van der Waals surface area (Å²) in [5.74, 6) is -0.274. The Hall–Kier alpha value is -2.95. The molecule has 5 rings (SSSR count). The lowest BCUT2D eigenvalue weighted by atomic mass is 10.1. The van der Waals surface area contributed by atoms with Gasteiger partial charge < -0.3 is 5.32 Å². The number of aryl methyl sites for hydroxylation is 1. The summed E-state index contributed by atoms with van der Waals surface area (Å²) in [7, 11) is -7.78. The number of anilines is 2. The number of nitrogens with one attached hydrogen (secondary N) is 2. The van der Waals surface area contributed by atoms with Gasteiger partial charge in [-0.1, -0.05) is 24.6 Å². The van der Waals surface area contributed by atoms with Crippen molar-refractivity contribution in [3.05, 3.63) is 59.7 Å². The number of hydrogen-bond donors (Lipinski definition) is 2. The molecule has 0 aliphatic carbocycles. The van der Waals surface area contributed by atoms with Crippen molar-refractivity contribution in [3.63, 3.8) is 0 Å². The number of amides is 1. The first kappa shape index (κ1) is 21.9. The number of hydrogen-bond acceptors (Lipinski definition) is 5. The summed E-state index contributed by atoms with van der Waals surface area (Å²) < 4.78 is 56.9. The third kappa shape index (κ3) is 3.68. The van der Waals surface area contributed by atoms with Gasteiger partial charge in [-0.15, -0.1) is 0 Å². The molecule has 0 bridgehead atoms. The number of carbonyl (C=O) groups excluding carboxylic acids is 1. The van der Waals surface area contributed by atoms with Crippen LogP contribution in [0.3, 0.4) is 0 Å². The summed E-state index contributed by atoms with van der Waals surface area (Å²) in [5, 5.41) is 3.72. The minimum Gasteiger partial charge on any atom is -0.321 e. The van der Waals surface area contributed by atoms with E-state index in [2.05, 4.69) is 10.0 Å². The molecular formula is C23H23N3O5S2. The van der Waals surface area contributed by atoms with Crippen molar-refractivity contribution in [1.82, 2.24) is 4.31 Å². The van der Waals surface area contributed by atoms with Crippen molar-refractivity contribution < 1.29 is 21.6 Å². The van der Waals surface area contributed by atoms with Gasteiger partial charge in [0.05, 0.1) is 15.5 Å². The monoisotopic (exact) mass is 485 g/mol. The molecule has 10 heteroatoms. The molecule has 3 aromatic carbocycles. The van der Waals surface area contributed by atoms with Crippen LogP contribution in [0.1, 0.15) is 35.2 Å². The first-order valence-electron chi connectivity index (χ1n) is 10.7. The van der Waals surface area contributed by atoms with Crippen molar-refractivity contribution >= 4 is 48.1 Å². The Kier molecular flexibility index (Phi) is 5.19. The molecule has 0 atom stereocenters. The Morgan fingerprint density at radius 2 is 1.70 bits per heavy atom. The van der Waals surface area contributed by atoms with E-state index in [0.29, 0.717) is 40.7 Å². The molecule has 33 heavy (non-hydrogen) atoms. The quantitative estimate of drug-likeness (QED) is 0.572. The summed E-state index contributed by atoms with van der Waals surface area (Å²) in [6.45, 7) is 2.64. The smallest absolute Gasteiger partial charge is 0.262 e. The second-order valence-corrected chi connectivity index (χ2v) is 11.9. The zero-order valence-corrected chi connectivity index (χ0v) is 19.6. The van der Waals surface area contributed by atoms with Crippen LogP contribution in [0.5, 0.6) is 0 Å². The number of carbonyl (C=O) groups is 1. The van der Waals surface area contributed by atoms with Gasteiger partial charge in [-0.2, -0.15) is 4.31 Å². The summed E-state index contributed by atoms with van der Waals surface area (Å²) in [4.78, 5) is 12.2. The molecule has 1 saturated heterocycles. The van der Waals surface area contributed by atoms with Crippen LogP contribution >= 0.6 is 0 Å². The molecule has 0 unspecified atom stereocenters. The molecule has 1 fully saturated rings. The van der Waals surface area contributed by atoms with E-state index in [-0.39, 0.29) is 21.4 Å². The Morgan fingerprint density at radius 3 is 2.45 bits per heavy atom. The molecule has 172 valence electrons. The fraction of sp³-hybridized carbons (Fsp3) is 0.261. The van der Waals surface area contributed by atoms with Gasteiger partial charge in [-0.3, -0.25) is 9.52 Å². The van der Waals surface area contributed by atoms with E-state index < -0.39 is 20.0 Å². The largest absolute Gasteiger partial charge is 0.321 e. The minimum atomic E-state index is -4.07. The maximum Gasteiger partial charge on any atom is 0.262 e. The molecule has 2 aliphatic rings. The van der Waals surface area contributed by atoms with Gasteiger partial charge in [-0.25, -0.2) is 16.8 Å². The van der Waals surface area contributed by atoms with Crippen LogP contribution in [-0.2, 0) is 20.0 Å². The highest BCUT2D eigenvalue weighted by molar-refractivity contribution is 7.93. The topological polar surface area (TPSA) is 113 Å². The van der Waals surface area contributed by atoms with Gasteiger partial charge in [0.1, 0.15) is 0 Å². The number of benzene rings is 3. The van der Waals surface area contributed by atoms with Gasteiger partial charge in [0, 0.05) is 35.1 Å². The second-order valence-electron chi connectivity index (χ2n) is 8.34. The van der Waals surface area contributed by atoms with Crippen LogP contribution in [0, 0.1) is 6.92 Å². The SMILES string of the molecule is Cc1ccc(S(=O)(=O)N2CCCCC2)cc1NS(=O)(=O)c1ccc2c3c(cccc13)C(=O)N2. The third-order valence-electron chi connectivity index (χ3n) is 6.19. The van der Waals surface area contributed by atoms with Crippen molar-refractivity contribution in [1.29, 1.82) is 0 Å². The average Bonchev–Trinajstić information content (AvgIpc) is 3.13. The Labute approximate surface area is 192 Å². The van der Waals surface area contributed by atoms with E-state index in [1.165, 1.54) is 22.5 Å². The zero-order valence-electron chi connectivity index (χ0n) is 18.0. The Balaban J connectivity index is 1.54. The molecule has 1 amide bonds. The fourth-order valence-electron chi connectivity index (χ4n) is 4.42. The first-order chi connectivity index (χ1) is 15.7. The van der Waals surface area contributed by atoms with Crippen molar-refractivity contribution in [2.75, 3.05) is 23.1 Å². The summed E-state index contributed by atoms with van der Waals surface area (Å²) in [5.41, 5.74) is 1.78. The van der Waals surface area contributed by atoms with Crippen LogP contribution in [0.25, 0.3) is 10.8 Å². The number of sulfonamides is 2. The highest BCUT2D eigenvalue weighted by Crippen LogP contribution is 2.37. The maximum atomic E-state index is 13.4. The second kappa shape index (κ2) is 7.82. The van der Waals surface area contributed by atoms with Crippen molar-refractivity contribution in [2.24, 2.45) is 0 Å². The van der Waals surface area contributed by atoms with Crippen molar-refractivity contribution in [3.8, 4) is 0 Å². The highest BCUT2D eigenvalue weighted by Gasteiger charge is 2.29. The molecule has 2 aliphatic heterocycles. The molecule has 2 heterocycles. The molecule has 0 saturated carbocycles. The highest BCUT2D eigenvalue weighted by atomic mass is 32.2. The predicted molar refractivity (Wildman–Crippen MR) is 126 cm³/mol. The standard InChI is InChI=1S/C23H23N3O5S2/c1-15-8-9-16(33(30,31)26-12-3-2-4-13-26)14-20(15)25-32(28,29)21-11-10-19-22-17(21)6-5-7-18(22)23(27)24-19/h5-11,14,25H,2-4,12-13H2,1H3,(H,24,27). The van der Waals surface area contributed by atoms with E-state index in [1.54, 1.807) is 37.3 Å². The van der Waals surface area contributed by atoms with Crippen LogP contribution < -0.4 is 10.0 Å². The first-order valence-corrected chi connectivity index (χ1v) is 13.6. The lowest BCUT2D eigenvalue weighted by Gasteiger charge is -2.26. The molecule has 8 nitrogen and oxygen atoms in total. The lowest BCUT2D eigenvalue weighted by molar-refractivity contribution is 0.103. The number of rotatable bonds is 5. The van der Waals surface area contributed by atoms with Gasteiger partial charge >= 0.3 is 0 Å². The van der Waals surface area contributed by atoms with E-state index >= 15 is 0 Å². The third-order valence-corrected chi connectivity index (χ3v) is 9.51. The van der Waals surface area contributed by atoms with E-state index in [9.17, 15) is 21.6 Å². The molecule has 0 radical (unpaired) electrons. The van der Waals surface area contributed by atoms with Gasteiger partial charge in [0.15, 0.2) is 0 Å². The zero-order chi connectivity index (χ0) is 23.4. The number of piperidine rings is 1. The Bertz CT molecular complexity index is 1510. The molecule has 3 aromatic rings. The van der Waals surface area contributed by atoms with Crippen molar-refractivity contribution in [2.45, 2.75) is 36.0 Å². The average molecular weight is 486 g/mol. The normalized spacial score (nSPS) is 16.7. The molecule has 2 N–H and O–H groups in total. The van der Waals surface area contributed by atoms with Gasteiger partial charge in [-0.05, 0) is 55.7 Å². The molecule has 0 aromatic heterocycles. The minimum absolute atomic E-state index is 0.0169. The van der Waals surface area contributed by atoms with E-state index in [4.69, 9.17) is 0 Å². The summed E-state index contributed by atoms with van der Waals surface area (Å²) >= 11 is 0. The van der Waals surface area contributed by atoms with Crippen LogP contribution in [0.15, 0.2) is 58.3 Å². The predicted octanol–water partition coefficient (Wildman–Crippen LogP) is 3.69. The molecular weight excluding hydrogens is 462 g/mol. The van der Waals surface area contributed by atoms with E-state index in [0.717, 1.165) is 19.3 Å². The van der Waals surface area contributed by atoms with Gasteiger partial charge in [0.2, 0.25) is 10.0 Å². The van der Waals surface area contributed by atoms with Crippen LogP contribution in [0.4, 0.5) is 11.4 Å². The maximum absolute atomic E-state index is 13.4. The van der Waals surface area contributed by atoms with Crippen LogP contribution in [-0.4, -0.2) is 40.1 Å². The summed E-state index contributed by atoms with van der Waals surface area (Å²) in [6, 6.07) is 12.4. The van der Waals surface area contributed by atoms with Crippen LogP contribution in [0.2, 0.25) is 0 Å². The summed E-state index contributed by atoms with van der Waals surface area (Å²) in [6.07, 6.45) is 2.63. The lowest BCUT2D eigenvalue weighted by Crippen LogP contribution is -2.35. The van der Waals surface area contributed by atoms with Gasteiger partial charge in [0.25, 0.3) is 15.9 Å². The number of nitrogens with zero attached hydrogens (tertiary/aromatic N) is 1. The van der Waals surface area contributed by atoms with E-state index in [1.807, 2.05) is 0 Å². The Morgan fingerprint density at radius 1 is 0.939 bits per heavy atom. The molecule has 0 spiro atoms. The fourth-order valence-corrected chi connectivity index (χ4v) is 7.29.